The van der Waals surface area contributed by atoms with E-state index in [0.717, 1.165) is 29.4 Å². The van der Waals surface area contributed by atoms with Gasteiger partial charge in [0, 0.05) is 36.9 Å². The number of para-hydroxylation sites is 1. The number of benzene rings is 1. The second kappa shape index (κ2) is 6.59. The van der Waals surface area contributed by atoms with Gasteiger partial charge >= 0.3 is 0 Å². The number of carbonyl (C=O) groups excluding carboxylic acids is 1. The molecular formula is C20H21N3O2. The lowest BCUT2D eigenvalue weighted by atomic mass is 10.2. The summed E-state index contributed by atoms with van der Waals surface area (Å²) in [7, 11) is 0. The number of amides is 1. The van der Waals surface area contributed by atoms with Gasteiger partial charge in [-0.05, 0) is 30.0 Å². The summed E-state index contributed by atoms with van der Waals surface area (Å²) in [6.45, 7) is 3.71. The van der Waals surface area contributed by atoms with E-state index in [1.165, 1.54) is 0 Å². The number of rotatable bonds is 4. The number of ether oxygens (including phenoxy) is 1. The van der Waals surface area contributed by atoms with Crippen LogP contribution in [0.4, 0.5) is 0 Å². The van der Waals surface area contributed by atoms with E-state index in [1.54, 1.807) is 6.20 Å². The number of nitrogens with zero attached hydrogens (tertiary/aromatic N) is 3. The molecule has 0 N–H and O–H groups in total. The number of pyridine rings is 1. The smallest absolute Gasteiger partial charge is 0.242 e. The van der Waals surface area contributed by atoms with Gasteiger partial charge in [-0.25, -0.2) is 4.98 Å². The van der Waals surface area contributed by atoms with E-state index in [1.807, 2.05) is 59.0 Å². The standard InChI is InChI=1S/C20H21N3O2/c1-15-6-7-19(21-12-15)25-17-9-11-23(13-17)20(24)14-22-10-8-16-4-2-3-5-18(16)22/h2-8,10,12,17H,9,11,13-14H2,1H3. The Hall–Kier alpha value is -2.82. The van der Waals surface area contributed by atoms with Crippen molar-refractivity contribution in [3.05, 3.63) is 60.4 Å². The van der Waals surface area contributed by atoms with Gasteiger partial charge in [0.05, 0.1) is 6.54 Å². The van der Waals surface area contributed by atoms with Gasteiger partial charge in [0.25, 0.3) is 0 Å². The quantitative estimate of drug-likeness (QED) is 0.736. The van der Waals surface area contributed by atoms with Gasteiger partial charge in [0.2, 0.25) is 11.8 Å². The molecule has 0 bridgehead atoms. The fraction of sp³-hybridized carbons (Fsp3) is 0.300. The highest BCUT2D eigenvalue weighted by molar-refractivity contribution is 5.83. The maximum Gasteiger partial charge on any atom is 0.242 e. The number of aromatic nitrogens is 2. The first kappa shape index (κ1) is 15.7. The number of aryl methyl sites for hydroxylation is 1. The predicted molar refractivity (Wildman–Crippen MR) is 96.5 cm³/mol. The van der Waals surface area contributed by atoms with Crippen molar-refractivity contribution in [1.29, 1.82) is 0 Å². The molecule has 1 aliphatic heterocycles. The zero-order valence-electron chi connectivity index (χ0n) is 14.3. The first-order chi connectivity index (χ1) is 12.2. The molecule has 3 aromatic rings. The molecule has 0 radical (unpaired) electrons. The fourth-order valence-electron chi connectivity index (χ4n) is 3.27. The van der Waals surface area contributed by atoms with Gasteiger partial charge in [-0.15, -0.1) is 0 Å². The van der Waals surface area contributed by atoms with Gasteiger partial charge in [-0.3, -0.25) is 4.79 Å². The lowest BCUT2D eigenvalue weighted by molar-refractivity contribution is -0.131. The van der Waals surface area contributed by atoms with Crippen LogP contribution in [0, 0.1) is 6.92 Å². The molecule has 4 rings (SSSR count). The van der Waals surface area contributed by atoms with E-state index in [2.05, 4.69) is 11.1 Å². The first-order valence-electron chi connectivity index (χ1n) is 8.60. The molecule has 25 heavy (non-hydrogen) atoms. The Morgan fingerprint density at radius 1 is 1.24 bits per heavy atom. The topological polar surface area (TPSA) is 47.4 Å². The predicted octanol–water partition coefficient (Wildman–Crippen LogP) is 3.02. The number of hydrogen-bond acceptors (Lipinski definition) is 3. The van der Waals surface area contributed by atoms with Crippen LogP contribution in [0.3, 0.4) is 0 Å². The van der Waals surface area contributed by atoms with E-state index in [0.29, 0.717) is 19.0 Å². The molecule has 1 unspecified atom stereocenters. The monoisotopic (exact) mass is 335 g/mol. The number of likely N-dealkylation sites (tertiary alicyclic amines) is 1. The molecular weight excluding hydrogens is 314 g/mol. The van der Waals surface area contributed by atoms with E-state index in [4.69, 9.17) is 4.74 Å². The Balaban J connectivity index is 1.38. The van der Waals surface area contributed by atoms with E-state index in [-0.39, 0.29) is 12.0 Å². The van der Waals surface area contributed by atoms with E-state index >= 15 is 0 Å². The molecule has 3 heterocycles. The molecule has 1 atom stereocenters. The van der Waals surface area contributed by atoms with Crippen LogP contribution >= 0.6 is 0 Å². The van der Waals surface area contributed by atoms with Crippen molar-refractivity contribution >= 4 is 16.8 Å². The number of hydrogen-bond donors (Lipinski definition) is 0. The van der Waals surface area contributed by atoms with Crippen LogP contribution in [0.15, 0.2) is 54.9 Å². The van der Waals surface area contributed by atoms with Gasteiger partial charge in [0.1, 0.15) is 12.6 Å². The zero-order chi connectivity index (χ0) is 17.2. The zero-order valence-corrected chi connectivity index (χ0v) is 14.3. The van der Waals surface area contributed by atoms with Gasteiger partial charge in [-0.1, -0.05) is 24.3 Å². The summed E-state index contributed by atoms with van der Waals surface area (Å²) in [5.41, 5.74) is 2.20. The average Bonchev–Trinajstić information content (AvgIpc) is 3.25. The van der Waals surface area contributed by atoms with Crippen molar-refractivity contribution in [3.8, 4) is 5.88 Å². The highest BCUT2D eigenvalue weighted by Crippen LogP contribution is 2.19. The molecule has 128 valence electrons. The second-order valence-corrected chi connectivity index (χ2v) is 6.54. The molecule has 5 heteroatoms. The van der Waals surface area contributed by atoms with Crippen LogP contribution in [0.5, 0.6) is 5.88 Å². The van der Waals surface area contributed by atoms with Crippen LogP contribution in [0.2, 0.25) is 0 Å². The molecule has 5 nitrogen and oxygen atoms in total. The van der Waals surface area contributed by atoms with Crippen molar-refractivity contribution in [2.24, 2.45) is 0 Å². The summed E-state index contributed by atoms with van der Waals surface area (Å²) in [5.74, 6) is 0.755. The number of fused-ring (bicyclic) bond motifs is 1. The SMILES string of the molecule is Cc1ccc(OC2CCN(C(=O)Cn3ccc4ccccc43)C2)nc1. The molecule has 1 saturated heterocycles. The highest BCUT2D eigenvalue weighted by atomic mass is 16.5. The Morgan fingerprint density at radius 2 is 2.12 bits per heavy atom. The van der Waals surface area contributed by atoms with Crippen molar-refractivity contribution in [1.82, 2.24) is 14.5 Å². The Bertz CT molecular complexity index is 885. The fourth-order valence-corrected chi connectivity index (χ4v) is 3.27. The van der Waals surface area contributed by atoms with Crippen LogP contribution in [0.25, 0.3) is 10.9 Å². The third kappa shape index (κ3) is 3.36. The molecule has 1 aromatic carbocycles. The molecule has 1 fully saturated rings. The Labute approximate surface area is 146 Å². The van der Waals surface area contributed by atoms with Crippen LogP contribution in [-0.4, -0.2) is 39.6 Å². The summed E-state index contributed by atoms with van der Waals surface area (Å²) in [4.78, 5) is 18.8. The minimum Gasteiger partial charge on any atom is -0.472 e. The lowest BCUT2D eigenvalue weighted by Crippen LogP contribution is -2.33. The van der Waals surface area contributed by atoms with Crippen molar-refractivity contribution < 1.29 is 9.53 Å². The van der Waals surface area contributed by atoms with Crippen LogP contribution in [-0.2, 0) is 11.3 Å². The normalized spacial score (nSPS) is 17.2. The summed E-state index contributed by atoms with van der Waals surface area (Å²) in [5, 5.41) is 1.16. The molecule has 0 spiro atoms. The maximum absolute atomic E-state index is 12.6. The van der Waals surface area contributed by atoms with Crippen LogP contribution in [0.1, 0.15) is 12.0 Å². The molecule has 0 saturated carbocycles. The number of carbonyl (C=O) groups is 1. The van der Waals surface area contributed by atoms with Gasteiger partial charge in [-0.2, -0.15) is 0 Å². The average molecular weight is 335 g/mol. The summed E-state index contributed by atoms with van der Waals surface area (Å²) in [6.07, 6.45) is 4.63. The Kier molecular flexibility index (Phi) is 4.14. The van der Waals surface area contributed by atoms with E-state index in [9.17, 15) is 4.79 Å². The largest absolute Gasteiger partial charge is 0.472 e. The van der Waals surface area contributed by atoms with Crippen molar-refractivity contribution in [2.75, 3.05) is 13.1 Å². The molecule has 0 aliphatic carbocycles. The minimum absolute atomic E-state index is 0.0144. The van der Waals surface area contributed by atoms with Gasteiger partial charge < -0.3 is 14.2 Å². The molecule has 1 aliphatic rings. The highest BCUT2D eigenvalue weighted by Gasteiger charge is 2.28. The van der Waals surface area contributed by atoms with Crippen LogP contribution < -0.4 is 4.74 Å². The Morgan fingerprint density at radius 3 is 2.96 bits per heavy atom. The summed E-state index contributed by atoms with van der Waals surface area (Å²) in [6, 6.07) is 14.0. The second-order valence-electron chi connectivity index (χ2n) is 6.54. The van der Waals surface area contributed by atoms with E-state index < -0.39 is 0 Å². The third-order valence-electron chi connectivity index (χ3n) is 4.66. The molecule has 1 amide bonds. The first-order valence-corrected chi connectivity index (χ1v) is 8.60. The molecule has 2 aromatic heterocycles. The minimum atomic E-state index is 0.0144. The van der Waals surface area contributed by atoms with Gasteiger partial charge in [0.15, 0.2) is 0 Å². The maximum atomic E-state index is 12.6. The summed E-state index contributed by atoms with van der Waals surface area (Å²) < 4.78 is 7.91. The van der Waals surface area contributed by atoms with Crippen molar-refractivity contribution in [3.63, 3.8) is 0 Å². The lowest BCUT2D eigenvalue weighted by Gasteiger charge is -2.17. The summed E-state index contributed by atoms with van der Waals surface area (Å²) >= 11 is 0. The van der Waals surface area contributed by atoms with Crippen molar-refractivity contribution in [2.45, 2.75) is 26.0 Å². The third-order valence-corrected chi connectivity index (χ3v) is 4.66.